The van der Waals surface area contributed by atoms with Crippen LogP contribution in [0.5, 0.6) is 0 Å². The zero-order valence-electron chi connectivity index (χ0n) is 31.8. The van der Waals surface area contributed by atoms with E-state index in [1.54, 1.807) is 13.8 Å². The van der Waals surface area contributed by atoms with E-state index in [1.807, 2.05) is 121 Å². The van der Waals surface area contributed by atoms with Gasteiger partial charge in [-0.2, -0.15) is 0 Å². The Labute approximate surface area is 327 Å². The Morgan fingerprint density at radius 1 is 0.518 bits per heavy atom. The molecule has 12 nitrogen and oxygen atoms in total. The highest BCUT2D eigenvalue weighted by molar-refractivity contribution is 5.17. The molecular weight excluding hydrogens is 720 g/mol. The molecule has 0 bridgehead atoms. The molecule has 0 aromatic heterocycles. The smallest absolute Gasteiger partial charge is 0.190 e. The lowest BCUT2D eigenvalue weighted by Crippen LogP contribution is -2.66. The van der Waals surface area contributed by atoms with Crippen LogP contribution in [-0.4, -0.2) is 102 Å². The average molecular weight is 773 g/mol. The molecular formula is C44H52O12. The van der Waals surface area contributed by atoms with Crippen molar-refractivity contribution in [3.63, 3.8) is 0 Å². The van der Waals surface area contributed by atoms with Crippen LogP contribution in [0, 0.1) is 0 Å². The average Bonchev–Trinajstić information content (AvgIpc) is 3.72. The van der Waals surface area contributed by atoms with E-state index >= 15 is 0 Å². The van der Waals surface area contributed by atoms with Gasteiger partial charge in [0.25, 0.3) is 0 Å². The van der Waals surface area contributed by atoms with E-state index < -0.39 is 79.4 Å². The first-order valence-electron chi connectivity index (χ1n) is 19.1. The molecule has 0 aliphatic carbocycles. The molecule has 0 radical (unpaired) electrons. The van der Waals surface area contributed by atoms with Gasteiger partial charge in [0.15, 0.2) is 18.4 Å². The largest absolute Gasteiger partial charge is 0.387 e. The zero-order chi connectivity index (χ0) is 39.1. The number of aliphatic hydroxyl groups excluding tert-OH is 3. The Balaban J connectivity index is 1.16. The molecule has 3 fully saturated rings. The van der Waals surface area contributed by atoms with Crippen LogP contribution in [0.15, 0.2) is 121 Å². The maximum absolute atomic E-state index is 12.1. The second kappa shape index (κ2) is 18.8. The number of hydrogen-bond acceptors (Lipinski definition) is 12. The van der Waals surface area contributed by atoms with Crippen LogP contribution in [0.4, 0.5) is 0 Å². The summed E-state index contributed by atoms with van der Waals surface area (Å²) in [6.45, 7) is 4.24. The van der Waals surface area contributed by atoms with E-state index in [1.165, 1.54) is 7.11 Å². The number of rotatable bonds is 17. The van der Waals surface area contributed by atoms with Crippen LogP contribution in [0.2, 0.25) is 0 Å². The van der Waals surface area contributed by atoms with Crippen molar-refractivity contribution in [1.29, 1.82) is 0 Å². The molecule has 12 heteroatoms. The number of ether oxygens (including phenoxy) is 9. The van der Waals surface area contributed by atoms with Crippen molar-refractivity contribution in [2.24, 2.45) is 0 Å². The van der Waals surface area contributed by atoms with E-state index in [0.717, 1.165) is 22.3 Å². The quantitative estimate of drug-likeness (QED) is 0.137. The van der Waals surface area contributed by atoms with Gasteiger partial charge >= 0.3 is 0 Å². The fourth-order valence-electron chi connectivity index (χ4n) is 7.48. The lowest BCUT2D eigenvalue weighted by Gasteiger charge is -2.47. The minimum Gasteiger partial charge on any atom is -0.387 e. The third-order valence-corrected chi connectivity index (χ3v) is 10.3. The summed E-state index contributed by atoms with van der Waals surface area (Å²) >= 11 is 0. The minimum atomic E-state index is -1.82. The molecule has 3 aliphatic rings. The standard InChI is InChI=1S/C44H52O12/c1-44(2)55-41-38(50-25-29-18-10-5-11-19-29)36(54-43(41)56-44)34(47)32(45)33(46)35-37(49-24-28-16-8-4-9-17-28)39(51-26-30-20-12-6-13-21-30)40(42(48-3)53-35)52-27-31-22-14-7-15-23-31/h4-23,32-43,45-47H,24-27H2,1-3H3/t32-,33-,34+,35+,36+,37+,38-,39-,40+,41+,42-,43+/m0/s1. The van der Waals surface area contributed by atoms with Crippen molar-refractivity contribution in [2.75, 3.05) is 7.11 Å². The van der Waals surface area contributed by atoms with Gasteiger partial charge in [-0.1, -0.05) is 121 Å². The maximum Gasteiger partial charge on any atom is 0.190 e. The van der Waals surface area contributed by atoms with Crippen molar-refractivity contribution in [1.82, 2.24) is 0 Å². The highest BCUT2D eigenvalue weighted by Crippen LogP contribution is 2.41. The maximum atomic E-state index is 12.1. The van der Waals surface area contributed by atoms with Gasteiger partial charge < -0.3 is 58.0 Å². The van der Waals surface area contributed by atoms with Crippen LogP contribution in [0.3, 0.4) is 0 Å². The molecule has 3 heterocycles. The van der Waals surface area contributed by atoms with E-state index in [-0.39, 0.29) is 26.4 Å². The second-order valence-electron chi connectivity index (χ2n) is 14.8. The number of aliphatic hydroxyl groups is 3. The molecule has 12 atom stereocenters. The van der Waals surface area contributed by atoms with Gasteiger partial charge in [-0.15, -0.1) is 0 Å². The molecule has 0 saturated carbocycles. The van der Waals surface area contributed by atoms with Crippen molar-refractivity contribution >= 4 is 0 Å². The van der Waals surface area contributed by atoms with Crippen LogP contribution in [-0.2, 0) is 69.1 Å². The third kappa shape index (κ3) is 9.74. The van der Waals surface area contributed by atoms with Crippen LogP contribution in [0.25, 0.3) is 0 Å². The topological polar surface area (TPSA) is 144 Å². The van der Waals surface area contributed by atoms with Gasteiger partial charge in [0.1, 0.15) is 61.0 Å². The predicted molar refractivity (Wildman–Crippen MR) is 202 cm³/mol. The number of hydrogen-bond donors (Lipinski definition) is 3. The molecule has 3 saturated heterocycles. The van der Waals surface area contributed by atoms with Gasteiger partial charge in [-0.3, -0.25) is 0 Å². The molecule has 7 rings (SSSR count). The Kier molecular flexibility index (Phi) is 13.6. The lowest BCUT2D eigenvalue weighted by molar-refractivity contribution is -0.336. The minimum absolute atomic E-state index is 0.125. The summed E-state index contributed by atoms with van der Waals surface area (Å²) in [6.07, 6.45) is -13.9. The van der Waals surface area contributed by atoms with Gasteiger partial charge in [-0.05, 0) is 36.1 Å². The molecule has 4 aromatic rings. The van der Waals surface area contributed by atoms with Crippen molar-refractivity contribution in [3.05, 3.63) is 144 Å². The van der Waals surface area contributed by atoms with Crippen LogP contribution >= 0.6 is 0 Å². The first-order chi connectivity index (χ1) is 27.2. The van der Waals surface area contributed by atoms with E-state index in [0.29, 0.717) is 0 Å². The Morgan fingerprint density at radius 2 is 0.911 bits per heavy atom. The SMILES string of the molecule is CO[C@H]1O[C@H]([C@@H](O)[C@H](O)[C@@H](O)[C@H]2O[C@@H]3OC(C)(C)O[C@@H]3[C@H]2OCc2ccccc2)[C@@H](OCc2ccccc2)[C@H](OCc2ccccc2)[C@H]1OCc1ccccc1. The number of fused-ring (bicyclic) bond motifs is 1. The summed E-state index contributed by atoms with van der Waals surface area (Å²) in [5, 5.41) is 35.8. The normalized spacial score (nSPS) is 30.1. The Hall–Kier alpha value is -3.60. The monoisotopic (exact) mass is 772 g/mol. The Morgan fingerprint density at radius 3 is 1.36 bits per heavy atom. The summed E-state index contributed by atoms with van der Waals surface area (Å²) < 4.78 is 56.7. The molecule has 0 amide bonds. The fourth-order valence-corrected chi connectivity index (χ4v) is 7.48. The van der Waals surface area contributed by atoms with E-state index in [9.17, 15) is 15.3 Å². The zero-order valence-corrected chi connectivity index (χ0v) is 31.8. The van der Waals surface area contributed by atoms with Gasteiger partial charge in [0, 0.05) is 7.11 Å². The molecule has 4 aromatic carbocycles. The highest BCUT2D eigenvalue weighted by atomic mass is 16.8. The van der Waals surface area contributed by atoms with Crippen molar-refractivity contribution < 1.29 is 58.0 Å². The van der Waals surface area contributed by atoms with Crippen molar-refractivity contribution in [3.8, 4) is 0 Å². The molecule has 0 unspecified atom stereocenters. The summed E-state index contributed by atoms with van der Waals surface area (Å²) in [7, 11) is 1.47. The molecule has 0 spiro atoms. The van der Waals surface area contributed by atoms with E-state index in [2.05, 4.69) is 0 Å². The molecule has 300 valence electrons. The van der Waals surface area contributed by atoms with Gasteiger partial charge in [0.2, 0.25) is 0 Å². The van der Waals surface area contributed by atoms with Crippen molar-refractivity contribution in [2.45, 2.75) is 120 Å². The third-order valence-electron chi connectivity index (χ3n) is 10.3. The highest BCUT2D eigenvalue weighted by Gasteiger charge is 2.59. The predicted octanol–water partition coefficient (Wildman–Crippen LogP) is 4.66. The number of benzene rings is 4. The second-order valence-corrected chi connectivity index (χ2v) is 14.8. The molecule has 56 heavy (non-hydrogen) atoms. The van der Waals surface area contributed by atoms with Gasteiger partial charge in [0.05, 0.1) is 26.4 Å². The Bertz CT molecular complexity index is 1750. The van der Waals surface area contributed by atoms with Crippen LogP contribution in [0.1, 0.15) is 36.1 Å². The van der Waals surface area contributed by atoms with Crippen LogP contribution < -0.4 is 0 Å². The van der Waals surface area contributed by atoms with E-state index in [4.69, 9.17) is 42.6 Å². The lowest BCUT2D eigenvalue weighted by atomic mass is 9.88. The summed E-state index contributed by atoms with van der Waals surface area (Å²) in [5.41, 5.74) is 3.59. The van der Waals surface area contributed by atoms with Gasteiger partial charge in [-0.25, -0.2) is 0 Å². The summed E-state index contributed by atoms with van der Waals surface area (Å²) in [6, 6.07) is 38.4. The first-order valence-corrected chi connectivity index (χ1v) is 19.1. The summed E-state index contributed by atoms with van der Waals surface area (Å²) in [4.78, 5) is 0. The first kappa shape index (κ1) is 40.6. The fraction of sp³-hybridized carbons (Fsp3) is 0.455. The molecule has 3 aliphatic heterocycles. The summed E-state index contributed by atoms with van der Waals surface area (Å²) in [5.74, 6) is -0.958. The molecule has 3 N–H and O–H groups in total. The number of methoxy groups -OCH3 is 1.